The van der Waals surface area contributed by atoms with E-state index in [0.29, 0.717) is 11.6 Å². The van der Waals surface area contributed by atoms with Crippen LogP contribution in [0.25, 0.3) is 0 Å². The van der Waals surface area contributed by atoms with Gasteiger partial charge in [-0.2, -0.15) is 0 Å². The summed E-state index contributed by atoms with van der Waals surface area (Å²) in [7, 11) is 0. The molecule has 0 fully saturated rings. The molecule has 0 spiro atoms. The standard InChI is InChI=1S/C13H14ClN3O/c1-2-8-17(12-5-3-11(14)4-6-12)13(18)16-9-7-15-10-16/h3-7,9-10H,2,8H2,1H3. The first-order chi connectivity index (χ1) is 8.72. The van der Waals surface area contributed by atoms with Crippen LogP contribution in [0.4, 0.5) is 10.5 Å². The van der Waals surface area contributed by atoms with Gasteiger partial charge >= 0.3 is 6.03 Å². The van der Waals surface area contributed by atoms with Crippen molar-refractivity contribution in [2.24, 2.45) is 0 Å². The minimum atomic E-state index is -0.114. The molecule has 0 N–H and O–H groups in total. The van der Waals surface area contributed by atoms with Crippen LogP contribution >= 0.6 is 11.6 Å². The molecule has 1 amide bonds. The van der Waals surface area contributed by atoms with E-state index in [0.717, 1.165) is 12.1 Å². The van der Waals surface area contributed by atoms with Gasteiger partial charge in [-0.1, -0.05) is 18.5 Å². The maximum Gasteiger partial charge on any atom is 0.333 e. The third-order valence-corrected chi connectivity index (χ3v) is 2.79. The van der Waals surface area contributed by atoms with Crippen molar-refractivity contribution in [2.45, 2.75) is 13.3 Å². The van der Waals surface area contributed by atoms with Gasteiger partial charge in [-0.05, 0) is 30.7 Å². The Bertz CT molecular complexity index is 508. The molecule has 0 radical (unpaired) electrons. The number of rotatable bonds is 3. The maximum absolute atomic E-state index is 12.3. The number of aromatic nitrogens is 2. The van der Waals surface area contributed by atoms with Crippen molar-refractivity contribution in [2.75, 3.05) is 11.4 Å². The summed E-state index contributed by atoms with van der Waals surface area (Å²) in [6.07, 6.45) is 5.61. The van der Waals surface area contributed by atoms with Crippen LogP contribution in [0, 0.1) is 0 Å². The quantitative estimate of drug-likeness (QED) is 0.851. The van der Waals surface area contributed by atoms with Crippen molar-refractivity contribution in [3.63, 3.8) is 0 Å². The number of nitrogens with zero attached hydrogens (tertiary/aromatic N) is 3. The van der Waals surface area contributed by atoms with Crippen LogP contribution in [0.2, 0.25) is 5.02 Å². The molecule has 94 valence electrons. The summed E-state index contributed by atoms with van der Waals surface area (Å²) < 4.78 is 1.46. The zero-order chi connectivity index (χ0) is 13.0. The third kappa shape index (κ3) is 2.71. The molecular weight excluding hydrogens is 250 g/mol. The topological polar surface area (TPSA) is 38.1 Å². The van der Waals surface area contributed by atoms with Crippen LogP contribution in [-0.4, -0.2) is 22.1 Å². The Hall–Kier alpha value is -1.81. The Labute approximate surface area is 111 Å². The lowest BCUT2D eigenvalue weighted by Crippen LogP contribution is -2.34. The Morgan fingerprint density at radius 2 is 2.11 bits per heavy atom. The highest BCUT2D eigenvalue weighted by molar-refractivity contribution is 6.30. The van der Waals surface area contributed by atoms with Gasteiger partial charge in [0.15, 0.2) is 0 Å². The maximum atomic E-state index is 12.3. The van der Waals surface area contributed by atoms with Crippen LogP contribution < -0.4 is 4.90 Å². The number of amides is 1. The molecule has 1 aromatic carbocycles. The number of benzene rings is 1. The predicted molar refractivity (Wildman–Crippen MR) is 72.1 cm³/mol. The van der Waals surface area contributed by atoms with Gasteiger partial charge in [0.25, 0.3) is 0 Å². The number of carbonyl (C=O) groups is 1. The van der Waals surface area contributed by atoms with Gasteiger partial charge in [0, 0.05) is 29.6 Å². The van der Waals surface area contributed by atoms with Gasteiger partial charge in [0.2, 0.25) is 0 Å². The summed E-state index contributed by atoms with van der Waals surface area (Å²) in [5.41, 5.74) is 0.833. The zero-order valence-electron chi connectivity index (χ0n) is 10.1. The van der Waals surface area contributed by atoms with E-state index in [4.69, 9.17) is 11.6 Å². The number of imidazole rings is 1. The first kappa shape index (κ1) is 12.6. The fraction of sp³-hybridized carbons (Fsp3) is 0.231. The van der Waals surface area contributed by atoms with Crippen LogP contribution in [0.3, 0.4) is 0 Å². The summed E-state index contributed by atoms with van der Waals surface area (Å²) in [6.45, 7) is 2.68. The Morgan fingerprint density at radius 3 is 2.67 bits per heavy atom. The molecule has 1 aromatic heterocycles. The highest BCUT2D eigenvalue weighted by Gasteiger charge is 2.16. The molecule has 0 unspecified atom stereocenters. The second-order valence-corrected chi connectivity index (χ2v) is 4.32. The molecule has 0 aliphatic carbocycles. The Morgan fingerprint density at radius 1 is 1.39 bits per heavy atom. The molecule has 18 heavy (non-hydrogen) atoms. The average molecular weight is 264 g/mol. The van der Waals surface area contributed by atoms with Crippen molar-refractivity contribution in [1.82, 2.24) is 9.55 Å². The van der Waals surface area contributed by atoms with E-state index in [-0.39, 0.29) is 6.03 Å². The number of carbonyl (C=O) groups excluding carboxylic acids is 1. The van der Waals surface area contributed by atoms with E-state index >= 15 is 0 Å². The molecule has 0 aliphatic rings. The smallest absolute Gasteiger partial charge is 0.294 e. The van der Waals surface area contributed by atoms with E-state index in [1.807, 2.05) is 19.1 Å². The summed E-state index contributed by atoms with van der Waals surface area (Å²) >= 11 is 5.85. The Kier molecular flexibility index (Phi) is 3.99. The molecule has 2 aromatic rings. The third-order valence-electron chi connectivity index (χ3n) is 2.54. The predicted octanol–water partition coefficient (Wildman–Crippen LogP) is 3.42. The fourth-order valence-corrected chi connectivity index (χ4v) is 1.82. The van der Waals surface area contributed by atoms with Crippen molar-refractivity contribution in [1.29, 1.82) is 0 Å². The lowest BCUT2D eigenvalue weighted by molar-refractivity contribution is 0.247. The highest BCUT2D eigenvalue weighted by atomic mass is 35.5. The van der Waals surface area contributed by atoms with Gasteiger partial charge < -0.3 is 0 Å². The minimum Gasteiger partial charge on any atom is -0.294 e. The summed E-state index contributed by atoms with van der Waals surface area (Å²) in [5.74, 6) is 0. The molecular formula is C13H14ClN3O. The highest BCUT2D eigenvalue weighted by Crippen LogP contribution is 2.19. The average Bonchev–Trinajstić information content (AvgIpc) is 2.90. The first-order valence-electron chi connectivity index (χ1n) is 5.77. The Balaban J connectivity index is 2.28. The van der Waals surface area contributed by atoms with Gasteiger partial charge in [0.1, 0.15) is 6.33 Å². The van der Waals surface area contributed by atoms with Crippen LogP contribution in [-0.2, 0) is 0 Å². The normalized spacial score (nSPS) is 10.3. The molecule has 0 aliphatic heterocycles. The van der Waals surface area contributed by atoms with Crippen LogP contribution in [0.5, 0.6) is 0 Å². The zero-order valence-corrected chi connectivity index (χ0v) is 10.8. The molecule has 5 heteroatoms. The van der Waals surface area contributed by atoms with E-state index in [1.165, 1.54) is 10.9 Å². The van der Waals surface area contributed by atoms with E-state index in [1.54, 1.807) is 29.4 Å². The second kappa shape index (κ2) is 5.69. The van der Waals surface area contributed by atoms with Crippen molar-refractivity contribution in [3.05, 3.63) is 48.0 Å². The monoisotopic (exact) mass is 263 g/mol. The number of hydrogen-bond donors (Lipinski definition) is 0. The van der Waals surface area contributed by atoms with E-state index < -0.39 is 0 Å². The summed E-state index contributed by atoms with van der Waals surface area (Å²) in [5, 5.41) is 0.658. The number of hydrogen-bond acceptors (Lipinski definition) is 2. The number of anilines is 1. The van der Waals surface area contributed by atoms with Crippen molar-refractivity contribution in [3.8, 4) is 0 Å². The summed E-state index contributed by atoms with van der Waals surface area (Å²) in [4.78, 5) is 17.9. The van der Waals surface area contributed by atoms with Crippen LogP contribution in [0.15, 0.2) is 43.0 Å². The second-order valence-electron chi connectivity index (χ2n) is 3.88. The fourth-order valence-electron chi connectivity index (χ4n) is 1.69. The van der Waals surface area contributed by atoms with Gasteiger partial charge in [-0.15, -0.1) is 0 Å². The molecule has 0 bridgehead atoms. The van der Waals surface area contributed by atoms with Gasteiger partial charge in [-0.3, -0.25) is 9.47 Å². The van der Waals surface area contributed by atoms with E-state index in [9.17, 15) is 4.79 Å². The van der Waals surface area contributed by atoms with E-state index in [2.05, 4.69) is 4.98 Å². The molecule has 4 nitrogen and oxygen atoms in total. The molecule has 2 rings (SSSR count). The molecule has 1 heterocycles. The molecule has 0 atom stereocenters. The summed E-state index contributed by atoms with van der Waals surface area (Å²) in [6, 6.07) is 7.12. The lowest BCUT2D eigenvalue weighted by atomic mass is 10.3. The van der Waals surface area contributed by atoms with Crippen molar-refractivity contribution >= 4 is 23.3 Å². The molecule has 0 saturated carbocycles. The minimum absolute atomic E-state index is 0.114. The SMILES string of the molecule is CCCN(C(=O)n1ccnc1)c1ccc(Cl)cc1. The van der Waals surface area contributed by atoms with Gasteiger partial charge in [0.05, 0.1) is 0 Å². The molecule has 0 saturated heterocycles. The van der Waals surface area contributed by atoms with Gasteiger partial charge in [-0.25, -0.2) is 9.78 Å². The number of halogens is 1. The van der Waals surface area contributed by atoms with Crippen LogP contribution in [0.1, 0.15) is 13.3 Å². The lowest BCUT2D eigenvalue weighted by Gasteiger charge is -2.22. The first-order valence-corrected chi connectivity index (χ1v) is 6.15. The largest absolute Gasteiger partial charge is 0.333 e. The van der Waals surface area contributed by atoms with Crippen molar-refractivity contribution < 1.29 is 4.79 Å².